The zero-order valence-corrected chi connectivity index (χ0v) is 8.88. The van der Waals surface area contributed by atoms with Gasteiger partial charge in [-0.3, -0.25) is 4.79 Å². The number of anilines is 1. The van der Waals surface area contributed by atoms with Crippen molar-refractivity contribution in [1.82, 2.24) is 0 Å². The third-order valence-electron chi connectivity index (χ3n) is 2.23. The summed E-state index contributed by atoms with van der Waals surface area (Å²) >= 11 is 0. The molecule has 0 aliphatic rings. The van der Waals surface area contributed by atoms with E-state index in [-0.39, 0.29) is 11.7 Å². The first-order valence-corrected chi connectivity index (χ1v) is 4.87. The maximum atomic E-state index is 12.9. The van der Waals surface area contributed by atoms with E-state index in [4.69, 9.17) is 5.73 Å². The van der Waals surface area contributed by atoms with Crippen LogP contribution in [0.1, 0.15) is 18.9 Å². The van der Waals surface area contributed by atoms with E-state index in [1.54, 1.807) is 13.0 Å². The second kappa shape index (κ2) is 4.89. The predicted octanol–water partition coefficient (Wildman–Crippen LogP) is 1.81. The van der Waals surface area contributed by atoms with Crippen molar-refractivity contribution >= 4 is 11.6 Å². The molecule has 15 heavy (non-hydrogen) atoms. The fourth-order valence-corrected chi connectivity index (χ4v) is 1.14. The number of aryl methyl sites for hydroxylation is 1. The number of nitrogens with two attached hydrogens (primary N) is 1. The van der Waals surface area contributed by atoms with Gasteiger partial charge in [0.15, 0.2) is 0 Å². The number of benzene rings is 1. The smallest absolute Gasteiger partial charge is 0.241 e. The van der Waals surface area contributed by atoms with Crippen molar-refractivity contribution in [2.24, 2.45) is 5.73 Å². The van der Waals surface area contributed by atoms with Crippen LogP contribution in [0.3, 0.4) is 0 Å². The first-order chi connectivity index (χ1) is 7.04. The molecular formula is C11H15FN2O. The van der Waals surface area contributed by atoms with Gasteiger partial charge in [-0.15, -0.1) is 0 Å². The first-order valence-electron chi connectivity index (χ1n) is 4.87. The van der Waals surface area contributed by atoms with Gasteiger partial charge in [0, 0.05) is 5.69 Å². The Bertz CT molecular complexity index is 366. The lowest BCUT2D eigenvalue weighted by Crippen LogP contribution is -2.35. The maximum absolute atomic E-state index is 12.9. The highest BCUT2D eigenvalue weighted by atomic mass is 19.1. The summed E-state index contributed by atoms with van der Waals surface area (Å²) in [7, 11) is 0. The number of amides is 1. The Hall–Kier alpha value is -1.42. The highest BCUT2D eigenvalue weighted by Crippen LogP contribution is 2.16. The molecule has 1 rings (SSSR count). The number of nitrogens with one attached hydrogen (secondary N) is 1. The number of carbonyl (C=O) groups is 1. The van der Waals surface area contributed by atoms with E-state index < -0.39 is 6.04 Å². The van der Waals surface area contributed by atoms with Crippen LogP contribution < -0.4 is 11.1 Å². The molecule has 0 fully saturated rings. The van der Waals surface area contributed by atoms with Gasteiger partial charge in [0.1, 0.15) is 5.82 Å². The average Bonchev–Trinajstić information content (AvgIpc) is 2.22. The SMILES string of the molecule is CC[C@@H](N)C(=O)Nc1cc(F)ccc1C. The maximum Gasteiger partial charge on any atom is 0.241 e. The Morgan fingerprint density at radius 3 is 2.87 bits per heavy atom. The summed E-state index contributed by atoms with van der Waals surface area (Å²) in [6, 6.07) is 3.70. The quantitative estimate of drug-likeness (QED) is 0.799. The van der Waals surface area contributed by atoms with Crippen molar-refractivity contribution in [2.45, 2.75) is 26.3 Å². The van der Waals surface area contributed by atoms with Crippen LogP contribution in [0.25, 0.3) is 0 Å². The summed E-state index contributed by atoms with van der Waals surface area (Å²) in [6.45, 7) is 3.62. The third kappa shape index (κ3) is 3.02. The summed E-state index contributed by atoms with van der Waals surface area (Å²) < 4.78 is 12.9. The zero-order valence-electron chi connectivity index (χ0n) is 8.88. The van der Waals surface area contributed by atoms with E-state index in [9.17, 15) is 9.18 Å². The van der Waals surface area contributed by atoms with Gasteiger partial charge in [-0.1, -0.05) is 13.0 Å². The zero-order chi connectivity index (χ0) is 11.4. The van der Waals surface area contributed by atoms with Crippen molar-refractivity contribution in [3.05, 3.63) is 29.6 Å². The third-order valence-corrected chi connectivity index (χ3v) is 2.23. The molecule has 0 saturated carbocycles. The van der Waals surface area contributed by atoms with Crippen molar-refractivity contribution in [3.8, 4) is 0 Å². The molecule has 0 aliphatic heterocycles. The van der Waals surface area contributed by atoms with Gasteiger partial charge in [0.2, 0.25) is 5.91 Å². The van der Waals surface area contributed by atoms with E-state index in [1.165, 1.54) is 12.1 Å². The fraction of sp³-hybridized carbons (Fsp3) is 0.364. The van der Waals surface area contributed by atoms with E-state index >= 15 is 0 Å². The standard InChI is InChI=1S/C11H15FN2O/c1-3-9(13)11(15)14-10-6-8(12)5-4-7(10)2/h4-6,9H,3,13H2,1-2H3,(H,14,15)/t9-/m1/s1. The molecule has 0 aromatic heterocycles. The van der Waals surface area contributed by atoms with Gasteiger partial charge >= 0.3 is 0 Å². The van der Waals surface area contributed by atoms with E-state index in [0.717, 1.165) is 5.56 Å². The molecule has 0 spiro atoms. The van der Waals surface area contributed by atoms with Crippen molar-refractivity contribution in [1.29, 1.82) is 0 Å². The van der Waals surface area contributed by atoms with E-state index in [1.807, 2.05) is 6.92 Å². The molecule has 0 unspecified atom stereocenters. The van der Waals surface area contributed by atoms with Gasteiger partial charge in [-0.25, -0.2) is 4.39 Å². The highest BCUT2D eigenvalue weighted by Gasteiger charge is 2.12. The number of carbonyl (C=O) groups excluding carboxylic acids is 1. The summed E-state index contributed by atoms with van der Waals surface area (Å²) in [5, 5.41) is 2.60. The van der Waals surface area contributed by atoms with E-state index in [2.05, 4.69) is 5.32 Å². The molecule has 1 atom stereocenters. The van der Waals surface area contributed by atoms with Crippen LogP contribution in [0, 0.1) is 12.7 Å². The Morgan fingerprint density at radius 1 is 1.60 bits per heavy atom. The molecule has 0 saturated heterocycles. The second-order valence-electron chi connectivity index (χ2n) is 3.46. The minimum absolute atomic E-state index is 0.286. The molecule has 0 heterocycles. The Kier molecular flexibility index (Phi) is 3.80. The fourth-order valence-electron chi connectivity index (χ4n) is 1.14. The predicted molar refractivity (Wildman–Crippen MR) is 58.0 cm³/mol. The van der Waals surface area contributed by atoms with Crippen molar-refractivity contribution in [2.75, 3.05) is 5.32 Å². The van der Waals surface area contributed by atoms with Crippen LogP contribution in [-0.2, 0) is 4.79 Å². The monoisotopic (exact) mass is 210 g/mol. The lowest BCUT2D eigenvalue weighted by Gasteiger charge is -2.11. The molecule has 0 bridgehead atoms. The van der Waals surface area contributed by atoms with Gasteiger partial charge in [0.25, 0.3) is 0 Å². The molecule has 3 nitrogen and oxygen atoms in total. The van der Waals surface area contributed by atoms with Gasteiger partial charge in [-0.2, -0.15) is 0 Å². The summed E-state index contributed by atoms with van der Waals surface area (Å²) in [4.78, 5) is 11.4. The molecular weight excluding hydrogens is 195 g/mol. The van der Waals surface area contributed by atoms with Crippen LogP contribution in [-0.4, -0.2) is 11.9 Å². The molecule has 4 heteroatoms. The molecule has 1 amide bonds. The summed E-state index contributed by atoms with van der Waals surface area (Å²) in [5.41, 5.74) is 6.84. The number of rotatable bonds is 3. The first kappa shape index (κ1) is 11.7. The summed E-state index contributed by atoms with van der Waals surface area (Å²) in [6.07, 6.45) is 0.556. The minimum atomic E-state index is -0.548. The second-order valence-corrected chi connectivity index (χ2v) is 3.46. The molecule has 3 N–H and O–H groups in total. The lowest BCUT2D eigenvalue weighted by atomic mass is 10.1. The van der Waals surface area contributed by atoms with Crippen LogP contribution in [0.5, 0.6) is 0 Å². The Morgan fingerprint density at radius 2 is 2.27 bits per heavy atom. The topological polar surface area (TPSA) is 55.1 Å². The molecule has 1 aromatic carbocycles. The normalized spacial score (nSPS) is 12.3. The van der Waals surface area contributed by atoms with Crippen LogP contribution in [0.15, 0.2) is 18.2 Å². The summed E-state index contributed by atoms with van der Waals surface area (Å²) in [5.74, 6) is -0.660. The van der Waals surface area contributed by atoms with Gasteiger partial charge in [-0.05, 0) is 31.0 Å². The number of halogens is 1. The number of hydrogen-bond donors (Lipinski definition) is 2. The van der Waals surface area contributed by atoms with Crippen LogP contribution in [0.4, 0.5) is 10.1 Å². The van der Waals surface area contributed by atoms with Crippen LogP contribution >= 0.6 is 0 Å². The molecule has 1 aromatic rings. The largest absolute Gasteiger partial charge is 0.324 e. The van der Waals surface area contributed by atoms with Gasteiger partial charge < -0.3 is 11.1 Å². The lowest BCUT2D eigenvalue weighted by molar-refractivity contribution is -0.117. The number of hydrogen-bond acceptors (Lipinski definition) is 2. The average molecular weight is 210 g/mol. The van der Waals surface area contributed by atoms with Crippen molar-refractivity contribution < 1.29 is 9.18 Å². The van der Waals surface area contributed by atoms with E-state index in [0.29, 0.717) is 12.1 Å². The highest BCUT2D eigenvalue weighted by molar-refractivity contribution is 5.95. The Labute approximate surface area is 88.5 Å². The molecule has 82 valence electrons. The molecule has 0 aliphatic carbocycles. The van der Waals surface area contributed by atoms with Gasteiger partial charge in [0.05, 0.1) is 6.04 Å². The van der Waals surface area contributed by atoms with Crippen molar-refractivity contribution in [3.63, 3.8) is 0 Å². The minimum Gasteiger partial charge on any atom is -0.324 e. The Balaban J connectivity index is 2.80. The van der Waals surface area contributed by atoms with Crippen LogP contribution in [0.2, 0.25) is 0 Å². The molecule has 0 radical (unpaired) electrons.